The molecule has 2 rings (SSSR count). The van der Waals surface area contributed by atoms with Crippen molar-refractivity contribution in [1.82, 2.24) is 0 Å². The summed E-state index contributed by atoms with van der Waals surface area (Å²) in [6, 6.07) is 10.6. The summed E-state index contributed by atoms with van der Waals surface area (Å²) < 4.78 is 42.7. The van der Waals surface area contributed by atoms with E-state index in [1.54, 1.807) is 12.1 Å². The summed E-state index contributed by atoms with van der Waals surface area (Å²) in [5.41, 5.74) is 0.245. The molecule has 0 aromatic heterocycles. The summed E-state index contributed by atoms with van der Waals surface area (Å²) in [5, 5.41) is 2.48. The highest BCUT2D eigenvalue weighted by Gasteiger charge is 2.30. The second-order valence-corrected chi connectivity index (χ2v) is 5.75. The van der Waals surface area contributed by atoms with Crippen molar-refractivity contribution in [2.45, 2.75) is 13.1 Å². The number of hydrogen-bond donors (Lipinski definition) is 1. The Balaban J connectivity index is 1.85. The second-order valence-electron chi connectivity index (χ2n) is 5.75. The van der Waals surface area contributed by atoms with Gasteiger partial charge >= 0.3 is 12.1 Å². The van der Waals surface area contributed by atoms with Gasteiger partial charge in [0.15, 0.2) is 12.4 Å². The normalized spacial score (nSPS) is 11.3. The van der Waals surface area contributed by atoms with Crippen molar-refractivity contribution in [3.8, 4) is 0 Å². The van der Waals surface area contributed by atoms with Gasteiger partial charge in [-0.05, 0) is 55.0 Å². The number of anilines is 1. The molecular weight excluding hydrogens is 375 g/mol. The van der Waals surface area contributed by atoms with E-state index in [0.717, 1.165) is 24.3 Å². The zero-order valence-corrected chi connectivity index (χ0v) is 14.7. The first-order valence-corrected chi connectivity index (χ1v) is 8.08. The fourth-order valence-electron chi connectivity index (χ4n) is 2.15. The number of benzene rings is 2. The van der Waals surface area contributed by atoms with E-state index < -0.39 is 30.2 Å². The molecule has 0 heterocycles. The van der Waals surface area contributed by atoms with Gasteiger partial charge in [0.2, 0.25) is 0 Å². The summed E-state index contributed by atoms with van der Waals surface area (Å²) in [7, 11) is 0. The highest BCUT2D eigenvalue weighted by molar-refractivity contribution is 5.96. The van der Waals surface area contributed by atoms with Gasteiger partial charge in [-0.25, -0.2) is 4.79 Å². The minimum atomic E-state index is -4.48. The van der Waals surface area contributed by atoms with Crippen molar-refractivity contribution in [3.05, 3.63) is 71.3 Å². The molecule has 0 aliphatic carbocycles. The van der Waals surface area contributed by atoms with Crippen LogP contribution in [0, 0.1) is 0 Å². The van der Waals surface area contributed by atoms with Crippen molar-refractivity contribution in [3.63, 3.8) is 0 Å². The molecule has 0 spiro atoms. The molecule has 0 radical (unpaired) electrons. The predicted octanol–water partition coefficient (Wildman–Crippen LogP) is 4.10. The Morgan fingerprint density at radius 1 is 1.07 bits per heavy atom. The smallest absolute Gasteiger partial charge is 0.416 e. The molecule has 2 aromatic carbocycles. The molecule has 0 fully saturated rings. The molecule has 0 bridgehead atoms. The van der Waals surface area contributed by atoms with E-state index in [-0.39, 0.29) is 11.3 Å². The Morgan fingerprint density at radius 2 is 1.75 bits per heavy atom. The van der Waals surface area contributed by atoms with Crippen LogP contribution < -0.4 is 5.32 Å². The average molecular weight is 391 g/mol. The highest BCUT2D eigenvalue weighted by atomic mass is 19.4. The van der Waals surface area contributed by atoms with Crippen LogP contribution in [0.3, 0.4) is 0 Å². The maximum Gasteiger partial charge on any atom is 0.416 e. The number of esters is 1. The van der Waals surface area contributed by atoms with Gasteiger partial charge in [0.1, 0.15) is 0 Å². The lowest BCUT2D eigenvalue weighted by atomic mass is 10.1. The Kier molecular flexibility index (Phi) is 6.70. The van der Waals surface area contributed by atoms with E-state index in [1.165, 1.54) is 31.2 Å². The number of ketones is 1. The number of nitrogens with one attached hydrogen (secondary N) is 1. The zero-order chi connectivity index (χ0) is 20.7. The Labute approximate surface area is 158 Å². The van der Waals surface area contributed by atoms with E-state index in [1.807, 2.05) is 0 Å². The summed E-state index contributed by atoms with van der Waals surface area (Å²) in [5.74, 6) is -1.59. The largest absolute Gasteiger partial charge is 0.452 e. The van der Waals surface area contributed by atoms with Gasteiger partial charge < -0.3 is 10.1 Å². The lowest BCUT2D eigenvalue weighted by Gasteiger charge is -2.07. The summed E-state index contributed by atoms with van der Waals surface area (Å²) in [6.07, 6.45) is -2.38. The minimum absolute atomic E-state index is 0.112. The minimum Gasteiger partial charge on any atom is -0.452 e. The maximum atomic E-state index is 12.6. The standard InChI is InChI=1S/C20H16F3NO4/c1-13(25)15-6-8-17(9-7-15)24-18(26)12-28-19(27)10-5-14-3-2-4-16(11-14)20(21,22)23/h2-11H,12H2,1H3,(H,24,26)/b10-5+. The average Bonchev–Trinajstić information content (AvgIpc) is 2.64. The van der Waals surface area contributed by atoms with Crippen LogP contribution in [0.5, 0.6) is 0 Å². The molecule has 0 unspecified atom stereocenters. The number of hydrogen-bond acceptors (Lipinski definition) is 4. The van der Waals surface area contributed by atoms with Crippen molar-refractivity contribution in [2.24, 2.45) is 0 Å². The van der Waals surface area contributed by atoms with Crippen molar-refractivity contribution < 1.29 is 32.3 Å². The number of carbonyl (C=O) groups is 3. The highest BCUT2D eigenvalue weighted by Crippen LogP contribution is 2.29. The molecule has 8 heteroatoms. The third-order valence-electron chi connectivity index (χ3n) is 3.55. The van der Waals surface area contributed by atoms with E-state index in [4.69, 9.17) is 4.74 Å². The number of amides is 1. The molecule has 1 N–H and O–H groups in total. The number of Topliss-reactive ketones (excluding diaryl/α,β-unsaturated/α-hetero) is 1. The fourth-order valence-corrected chi connectivity index (χ4v) is 2.15. The first-order valence-electron chi connectivity index (χ1n) is 8.08. The predicted molar refractivity (Wildman–Crippen MR) is 96.5 cm³/mol. The lowest BCUT2D eigenvalue weighted by molar-refractivity contribution is -0.142. The van der Waals surface area contributed by atoms with Crippen LogP contribution in [-0.2, 0) is 20.5 Å². The molecule has 1 amide bonds. The number of ether oxygens (including phenoxy) is 1. The van der Waals surface area contributed by atoms with Crippen LogP contribution in [0.1, 0.15) is 28.4 Å². The number of carbonyl (C=O) groups excluding carboxylic acids is 3. The monoisotopic (exact) mass is 391 g/mol. The molecule has 0 atom stereocenters. The van der Waals surface area contributed by atoms with E-state index in [9.17, 15) is 27.6 Å². The van der Waals surface area contributed by atoms with Gasteiger partial charge in [0.25, 0.3) is 5.91 Å². The molecule has 0 saturated heterocycles. The molecule has 146 valence electrons. The Morgan fingerprint density at radius 3 is 2.36 bits per heavy atom. The first-order chi connectivity index (χ1) is 13.1. The van der Waals surface area contributed by atoms with Crippen LogP contribution in [0.25, 0.3) is 6.08 Å². The molecule has 0 saturated carbocycles. The van der Waals surface area contributed by atoms with Gasteiger partial charge in [-0.3, -0.25) is 9.59 Å². The van der Waals surface area contributed by atoms with Crippen LogP contribution in [-0.4, -0.2) is 24.3 Å². The number of alkyl halides is 3. The summed E-state index contributed by atoms with van der Waals surface area (Å²) in [6.45, 7) is 0.847. The van der Waals surface area contributed by atoms with Crippen molar-refractivity contribution in [1.29, 1.82) is 0 Å². The lowest BCUT2D eigenvalue weighted by Crippen LogP contribution is -2.20. The van der Waals surface area contributed by atoms with Gasteiger partial charge in [-0.15, -0.1) is 0 Å². The molecule has 0 aliphatic heterocycles. The summed E-state index contributed by atoms with van der Waals surface area (Å²) in [4.78, 5) is 34.6. The van der Waals surface area contributed by atoms with Crippen LogP contribution in [0.4, 0.5) is 18.9 Å². The van der Waals surface area contributed by atoms with E-state index in [0.29, 0.717) is 11.3 Å². The van der Waals surface area contributed by atoms with Crippen LogP contribution in [0.2, 0.25) is 0 Å². The zero-order valence-electron chi connectivity index (χ0n) is 14.7. The van der Waals surface area contributed by atoms with Gasteiger partial charge in [-0.1, -0.05) is 12.1 Å². The van der Waals surface area contributed by atoms with Crippen LogP contribution in [0.15, 0.2) is 54.6 Å². The van der Waals surface area contributed by atoms with Gasteiger partial charge in [0, 0.05) is 17.3 Å². The third-order valence-corrected chi connectivity index (χ3v) is 3.55. The fraction of sp³-hybridized carbons (Fsp3) is 0.150. The van der Waals surface area contributed by atoms with Gasteiger partial charge in [0.05, 0.1) is 5.56 Å². The number of halogens is 3. The summed E-state index contributed by atoms with van der Waals surface area (Å²) >= 11 is 0. The van der Waals surface area contributed by atoms with E-state index in [2.05, 4.69) is 5.32 Å². The van der Waals surface area contributed by atoms with Crippen molar-refractivity contribution in [2.75, 3.05) is 11.9 Å². The maximum absolute atomic E-state index is 12.6. The quantitative estimate of drug-likeness (QED) is 0.457. The van der Waals surface area contributed by atoms with Crippen LogP contribution >= 0.6 is 0 Å². The molecule has 0 aliphatic rings. The third kappa shape index (κ3) is 6.39. The number of rotatable bonds is 6. The topological polar surface area (TPSA) is 72.5 Å². The molecule has 5 nitrogen and oxygen atoms in total. The molecule has 2 aromatic rings. The van der Waals surface area contributed by atoms with Crippen molar-refractivity contribution >= 4 is 29.4 Å². The Hall–Kier alpha value is -3.42. The molecular formula is C20H16F3NO4. The Bertz CT molecular complexity index is 902. The second kappa shape index (κ2) is 8.98. The van der Waals surface area contributed by atoms with Gasteiger partial charge in [-0.2, -0.15) is 13.2 Å². The first kappa shape index (κ1) is 20.9. The molecule has 28 heavy (non-hydrogen) atoms. The van der Waals surface area contributed by atoms with E-state index >= 15 is 0 Å². The SMILES string of the molecule is CC(=O)c1ccc(NC(=O)COC(=O)/C=C/c2cccc(C(F)(F)F)c2)cc1.